The van der Waals surface area contributed by atoms with Crippen molar-refractivity contribution in [3.8, 4) is 0 Å². The first-order valence-electron chi connectivity index (χ1n) is 7.76. The number of nitrogens with zero attached hydrogens (tertiary/aromatic N) is 3. The molecule has 0 aliphatic rings. The van der Waals surface area contributed by atoms with Crippen LogP contribution >= 0.6 is 11.6 Å². The molecule has 1 aromatic carbocycles. The van der Waals surface area contributed by atoms with Crippen molar-refractivity contribution in [2.24, 2.45) is 0 Å². The fourth-order valence-corrected chi connectivity index (χ4v) is 3.63. The molecule has 10 heteroatoms. The fraction of sp³-hybridized carbons (Fsp3) is 0.188. The Morgan fingerprint density at radius 3 is 2.81 bits per heavy atom. The lowest BCUT2D eigenvalue weighted by molar-refractivity contribution is -0.121. The minimum atomic E-state index is -3.71. The molecule has 0 atom stereocenters. The van der Waals surface area contributed by atoms with Crippen molar-refractivity contribution in [3.63, 3.8) is 0 Å². The number of sulfonamides is 1. The zero-order chi connectivity index (χ0) is 18.6. The minimum Gasteiger partial charge on any atom is -0.349 e. The average molecular weight is 394 g/mol. The highest BCUT2D eigenvalue weighted by molar-refractivity contribution is 7.89. The van der Waals surface area contributed by atoms with Crippen LogP contribution in [0.25, 0.3) is 5.65 Å². The van der Waals surface area contributed by atoms with E-state index in [1.807, 2.05) is 18.2 Å². The normalized spacial score (nSPS) is 11.6. The maximum absolute atomic E-state index is 12.1. The van der Waals surface area contributed by atoms with Crippen molar-refractivity contribution < 1.29 is 13.2 Å². The maximum atomic E-state index is 12.1. The Morgan fingerprint density at radius 2 is 2.00 bits per heavy atom. The van der Waals surface area contributed by atoms with Crippen LogP contribution in [0.15, 0.2) is 53.6 Å². The van der Waals surface area contributed by atoms with Crippen LogP contribution in [-0.4, -0.2) is 35.5 Å². The lowest BCUT2D eigenvalue weighted by Crippen LogP contribution is -2.31. The number of halogens is 1. The zero-order valence-corrected chi connectivity index (χ0v) is 15.2. The van der Waals surface area contributed by atoms with Crippen LogP contribution in [0, 0.1) is 0 Å². The van der Waals surface area contributed by atoms with E-state index >= 15 is 0 Å². The topological polar surface area (TPSA) is 105 Å². The number of amides is 1. The van der Waals surface area contributed by atoms with Gasteiger partial charge < -0.3 is 5.32 Å². The van der Waals surface area contributed by atoms with Crippen molar-refractivity contribution in [3.05, 3.63) is 59.5 Å². The highest BCUT2D eigenvalue weighted by Crippen LogP contribution is 2.15. The molecular weight excluding hydrogens is 378 g/mol. The lowest BCUT2D eigenvalue weighted by Gasteiger charge is -2.07. The van der Waals surface area contributed by atoms with Gasteiger partial charge in [0.1, 0.15) is 0 Å². The van der Waals surface area contributed by atoms with Gasteiger partial charge in [-0.05, 0) is 30.3 Å². The Morgan fingerprint density at radius 1 is 1.15 bits per heavy atom. The van der Waals surface area contributed by atoms with Gasteiger partial charge in [-0.1, -0.05) is 23.7 Å². The summed E-state index contributed by atoms with van der Waals surface area (Å²) in [7, 11) is -3.71. The summed E-state index contributed by atoms with van der Waals surface area (Å²) in [4.78, 5) is 12.0. The van der Waals surface area contributed by atoms with E-state index in [1.54, 1.807) is 22.7 Å². The third kappa shape index (κ3) is 4.37. The van der Waals surface area contributed by atoms with Crippen LogP contribution in [0.1, 0.15) is 12.2 Å². The largest absolute Gasteiger partial charge is 0.349 e. The molecule has 1 amide bonds. The molecule has 8 nitrogen and oxygen atoms in total. The van der Waals surface area contributed by atoms with Gasteiger partial charge >= 0.3 is 0 Å². The molecule has 0 saturated heterocycles. The Bertz CT molecular complexity index is 1040. The molecule has 0 aliphatic heterocycles. The number of nitrogens with one attached hydrogen (secondary N) is 2. The number of rotatable bonds is 7. The summed E-state index contributed by atoms with van der Waals surface area (Å²) in [5.74, 6) is 0.292. The molecule has 0 unspecified atom stereocenters. The molecule has 0 bridgehead atoms. The summed E-state index contributed by atoms with van der Waals surface area (Å²) in [5, 5.41) is 11.0. The molecule has 0 spiro atoms. The second-order valence-electron chi connectivity index (χ2n) is 5.43. The van der Waals surface area contributed by atoms with Crippen LogP contribution in [0.4, 0.5) is 0 Å². The molecule has 26 heavy (non-hydrogen) atoms. The number of fused-ring (bicyclic) bond motifs is 1. The van der Waals surface area contributed by atoms with E-state index in [0.717, 1.165) is 0 Å². The molecule has 136 valence electrons. The third-order valence-corrected chi connectivity index (χ3v) is 5.27. The maximum Gasteiger partial charge on any atom is 0.240 e. The van der Waals surface area contributed by atoms with Crippen LogP contribution in [0.3, 0.4) is 0 Å². The zero-order valence-electron chi connectivity index (χ0n) is 13.6. The number of hydrogen-bond donors (Lipinski definition) is 2. The molecule has 0 radical (unpaired) electrons. The van der Waals surface area contributed by atoms with Gasteiger partial charge in [-0.3, -0.25) is 9.20 Å². The summed E-state index contributed by atoms with van der Waals surface area (Å²) in [6.45, 7) is 0.173. The van der Waals surface area contributed by atoms with Crippen molar-refractivity contribution in [1.82, 2.24) is 24.6 Å². The molecule has 2 aromatic heterocycles. The third-order valence-electron chi connectivity index (χ3n) is 3.58. The first-order chi connectivity index (χ1) is 12.5. The average Bonchev–Trinajstić information content (AvgIpc) is 3.03. The second kappa shape index (κ2) is 7.81. The van der Waals surface area contributed by atoms with Gasteiger partial charge in [-0.15, -0.1) is 10.2 Å². The summed E-state index contributed by atoms with van der Waals surface area (Å²) >= 11 is 5.80. The fourth-order valence-electron chi connectivity index (χ4n) is 2.29. The number of pyridine rings is 1. The highest BCUT2D eigenvalue weighted by Gasteiger charge is 2.14. The second-order valence-corrected chi connectivity index (χ2v) is 7.63. The van der Waals surface area contributed by atoms with Crippen LogP contribution < -0.4 is 10.0 Å². The van der Waals surface area contributed by atoms with Crippen molar-refractivity contribution in [1.29, 1.82) is 0 Å². The predicted molar refractivity (Wildman–Crippen MR) is 96.1 cm³/mol. The summed E-state index contributed by atoms with van der Waals surface area (Å²) in [5.41, 5.74) is 0.686. The van der Waals surface area contributed by atoms with Crippen molar-refractivity contribution in [2.75, 3.05) is 6.54 Å². The van der Waals surface area contributed by atoms with Gasteiger partial charge in [0, 0.05) is 24.2 Å². The van der Waals surface area contributed by atoms with Gasteiger partial charge in [-0.25, -0.2) is 13.1 Å². The molecule has 3 aromatic rings. The van der Waals surface area contributed by atoms with Gasteiger partial charge in [0.05, 0.1) is 11.4 Å². The predicted octanol–water partition coefficient (Wildman–Crippen LogP) is 1.37. The Labute approximate surface area is 155 Å². The number of aromatic nitrogens is 3. The van der Waals surface area contributed by atoms with E-state index in [-0.39, 0.29) is 30.3 Å². The van der Waals surface area contributed by atoms with E-state index in [2.05, 4.69) is 20.2 Å². The number of carbonyl (C=O) groups is 1. The number of carbonyl (C=O) groups excluding carboxylic acids is 1. The van der Waals surface area contributed by atoms with E-state index in [0.29, 0.717) is 16.5 Å². The summed E-state index contributed by atoms with van der Waals surface area (Å²) in [6, 6.07) is 11.4. The van der Waals surface area contributed by atoms with E-state index in [1.165, 1.54) is 12.1 Å². The standard InChI is InChI=1S/C16H16ClN5O3S/c17-12-4-3-5-13(10-12)26(24,25)19-8-7-16(23)18-11-15-21-20-14-6-1-2-9-22(14)15/h1-6,9-10,19H,7-8,11H2,(H,18,23). The molecule has 2 heterocycles. The summed E-state index contributed by atoms with van der Waals surface area (Å²) < 4.78 is 28.4. The molecule has 0 fully saturated rings. The Hall–Kier alpha value is -2.49. The molecular formula is C16H16ClN5O3S. The Kier molecular flexibility index (Phi) is 5.50. The quantitative estimate of drug-likeness (QED) is 0.630. The van der Waals surface area contributed by atoms with Gasteiger partial charge in [-0.2, -0.15) is 0 Å². The first kappa shape index (κ1) is 18.3. The summed E-state index contributed by atoms with van der Waals surface area (Å²) in [6.07, 6.45) is 1.80. The lowest BCUT2D eigenvalue weighted by atomic mass is 10.4. The van der Waals surface area contributed by atoms with Gasteiger partial charge in [0.2, 0.25) is 15.9 Å². The smallest absolute Gasteiger partial charge is 0.240 e. The SMILES string of the molecule is O=C(CCNS(=O)(=O)c1cccc(Cl)c1)NCc1nnc2ccccn12. The van der Waals surface area contributed by atoms with E-state index in [4.69, 9.17) is 11.6 Å². The van der Waals surface area contributed by atoms with Crippen molar-refractivity contribution in [2.45, 2.75) is 17.9 Å². The minimum absolute atomic E-state index is 0.00344. The molecule has 0 saturated carbocycles. The van der Waals surface area contributed by atoms with E-state index in [9.17, 15) is 13.2 Å². The van der Waals surface area contributed by atoms with E-state index < -0.39 is 10.0 Å². The number of benzene rings is 1. The molecule has 2 N–H and O–H groups in total. The number of hydrogen-bond acceptors (Lipinski definition) is 5. The molecule has 0 aliphatic carbocycles. The molecule has 3 rings (SSSR count). The van der Waals surface area contributed by atoms with Crippen LogP contribution in [0.2, 0.25) is 5.02 Å². The van der Waals surface area contributed by atoms with Gasteiger partial charge in [0.15, 0.2) is 11.5 Å². The van der Waals surface area contributed by atoms with Crippen LogP contribution in [-0.2, 0) is 21.4 Å². The van der Waals surface area contributed by atoms with Gasteiger partial charge in [0.25, 0.3) is 0 Å². The van der Waals surface area contributed by atoms with Crippen molar-refractivity contribution >= 4 is 33.2 Å². The van der Waals surface area contributed by atoms with Crippen LogP contribution in [0.5, 0.6) is 0 Å². The first-order valence-corrected chi connectivity index (χ1v) is 9.62. The monoisotopic (exact) mass is 393 g/mol. The Balaban J connectivity index is 1.50. The highest BCUT2D eigenvalue weighted by atomic mass is 35.5.